The molecule has 0 amide bonds. The Morgan fingerprint density at radius 2 is 1.92 bits per heavy atom. The third kappa shape index (κ3) is 3.08. The summed E-state index contributed by atoms with van der Waals surface area (Å²) in [6, 6.07) is 9.93. The second kappa shape index (κ2) is 4.41. The maximum absolute atomic E-state index is 7.51. The van der Waals surface area contributed by atoms with Crippen LogP contribution < -0.4 is 0 Å². The van der Waals surface area contributed by atoms with Crippen molar-refractivity contribution in [1.29, 1.82) is 5.41 Å². The van der Waals surface area contributed by atoms with Gasteiger partial charge in [0.1, 0.15) is 0 Å². The Morgan fingerprint density at radius 3 is 2.46 bits per heavy atom. The highest BCUT2D eigenvalue weighted by Crippen LogP contribution is 2.02. The molecule has 0 radical (unpaired) electrons. The van der Waals surface area contributed by atoms with Gasteiger partial charge in [0.05, 0.1) is 5.71 Å². The molecule has 1 N–H and O–H groups in total. The zero-order valence-electron chi connectivity index (χ0n) is 7.75. The van der Waals surface area contributed by atoms with E-state index in [0.717, 1.165) is 11.1 Å². The van der Waals surface area contributed by atoms with Gasteiger partial charge in [-0.15, -0.1) is 0 Å². The molecule has 0 aliphatic heterocycles. The van der Waals surface area contributed by atoms with Crippen LogP contribution in [0.3, 0.4) is 0 Å². The second-order valence-corrected chi connectivity index (χ2v) is 2.94. The number of hydrogen-bond donors (Lipinski definition) is 1. The van der Waals surface area contributed by atoms with Crippen LogP contribution in [0.4, 0.5) is 0 Å². The minimum absolute atomic E-state index is 0.476. The maximum Gasteiger partial charge on any atom is 0.0563 e. The van der Waals surface area contributed by atoms with E-state index in [1.165, 1.54) is 0 Å². The first kappa shape index (κ1) is 9.46. The van der Waals surface area contributed by atoms with Crippen LogP contribution in [0, 0.1) is 5.41 Å². The summed E-state index contributed by atoms with van der Waals surface area (Å²) in [6.45, 7) is 5.52. The number of rotatable bonds is 3. The quantitative estimate of drug-likeness (QED) is 0.675. The van der Waals surface area contributed by atoms with Gasteiger partial charge in [-0.05, 0) is 24.1 Å². The van der Waals surface area contributed by atoms with E-state index in [9.17, 15) is 0 Å². The molecule has 1 heteroatoms. The van der Waals surface area contributed by atoms with Crippen LogP contribution in [0.2, 0.25) is 0 Å². The van der Waals surface area contributed by atoms with E-state index in [2.05, 4.69) is 6.58 Å². The Balaban J connectivity index is 2.70. The van der Waals surface area contributed by atoms with Crippen molar-refractivity contribution < 1.29 is 0 Å². The molecule has 1 aromatic rings. The molecular formula is C12H13N. The van der Waals surface area contributed by atoms with Gasteiger partial charge in [0.25, 0.3) is 0 Å². The van der Waals surface area contributed by atoms with E-state index in [4.69, 9.17) is 5.41 Å². The summed E-state index contributed by atoms with van der Waals surface area (Å²) in [5, 5.41) is 7.51. The first-order chi connectivity index (χ1) is 6.20. The largest absolute Gasteiger partial charge is 0.301 e. The highest BCUT2D eigenvalue weighted by Gasteiger charge is 1.89. The Labute approximate surface area is 78.9 Å². The van der Waals surface area contributed by atoms with Crippen LogP contribution >= 0.6 is 0 Å². The van der Waals surface area contributed by atoms with E-state index in [1.54, 1.807) is 6.08 Å². The molecule has 13 heavy (non-hydrogen) atoms. The number of nitrogens with one attached hydrogen (secondary N) is 1. The highest BCUT2D eigenvalue weighted by atomic mass is 14.4. The normalized spacial score (nSPS) is 10.2. The van der Waals surface area contributed by atoms with Crippen molar-refractivity contribution >= 4 is 11.8 Å². The number of allylic oxidation sites excluding steroid dienone is 2. The Kier molecular flexibility index (Phi) is 3.21. The van der Waals surface area contributed by atoms with E-state index in [1.807, 2.05) is 43.3 Å². The van der Waals surface area contributed by atoms with Crippen molar-refractivity contribution in [2.75, 3.05) is 0 Å². The average molecular weight is 171 g/mol. The van der Waals surface area contributed by atoms with E-state index >= 15 is 0 Å². The van der Waals surface area contributed by atoms with Gasteiger partial charge < -0.3 is 5.41 Å². The third-order valence-corrected chi connectivity index (χ3v) is 1.70. The topological polar surface area (TPSA) is 23.9 Å². The van der Waals surface area contributed by atoms with E-state index in [-0.39, 0.29) is 0 Å². The molecule has 1 nitrogen and oxygen atoms in total. The van der Waals surface area contributed by atoms with Gasteiger partial charge in [0, 0.05) is 0 Å². The highest BCUT2D eigenvalue weighted by molar-refractivity contribution is 6.07. The molecule has 0 bridgehead atoms. The summed E-state index contributed by atoms with van der Waals surface area (Å²) in [7, 11) is 0. The average Bonchev–Trinajstić information content (AvgIpc) is 2.15. The SMILES string of the molecule is C=C(C)C(=N)/C=C/c1ccccc1. The molecule has 1 rings (SSSR count). The summed E-state index contributed by atoms with van der Waals surface area (Å²) in [6.07, 6.45) is 3.68. The predicted octanol–water partition coefficient (Wildman–Crippen LogP) is 3.30. The van der Waals surface area contributed by atoms with Gasteiger partial charge in [0.2, 0.25) is 0 Å². The molecule has 0 aliphatic carbocycles. The summed E-state index contributed by atoms with van der Waals surface area (Å²) >= 11 is 0. The van der Waals surface area contributed by atoms with Crippen molar-refractivity contribution in [2.45, 2.75) is 6.92 Å². The Bertz CT molecular complexity index is 333. The Hall–Kier alpha value is -1.63. The molecule has 0 saturated heterocycles. The minimum Gasteiger partial charge on any atom is -0.301 e. The molecule has 0 spiro atoms. The maximum atomic E-state index is 7.51. The third-order valence-electron chi connectivity index (χ3n) is 1.70. The minimum atomic E-state index is 0.476. The van der Waals surface area contributed by atoms with Crippen molar-refractivity contribution in [3.63, 3.8) is 0 Å². The Morgan fingerprint density at radius 1 is 1.31 bits per heavy atom. The first-order valence-electron chi connectivity index (χ1n) is 4.17. The second-order valence-electron chi connectivity index (χ2n) is 2.94. The van der Waals surface area contributed by atoms with Crippen molar-refractivity contribution in [3.8, 4) is 0 Å². The molecule has 0 atom stereocenters. The van der Waals surface area contributed by atoms with E-state index in [0.29, 0.717) is 5.71 Å². The van der Waals surface area contributed by atoms with Crippen molar-refractivity contribution in [1.82, 2.24) is 0 Å². The molecule has 1 aromatic carbocycles. The lowest BCUT2D eigenvalue weighted by Crippen LogP contribution is -1.89. The zero-order chi connectivity index (χ0) is 9.68. The molecule has 0 aliphatic rings. The van der Waals surface area contributed by atoms with Crippen molar-refractivity contribution in [3.05, 3.63) is 54.1 Å². The van der Waals surface area contributed by atoms with Gasteiger partial charge in [-0.25, -0.2) is 0 Å². The lowest BCUT2D eigenvalue weighted by molar-refractivity contribution is 1.47. The van der Waals surface area contributed by atoms with E-state index < -0.39 is 0 Å². The van der Waals surface area contributed by atoms with Gasteiger partial charge in [-0.1, -0.05) is 43.0 Å². The fourth-order valence-corrected chi connectivity index (χ4v) is 0.886. The fourth-order valence-electron chi connectivity index (χ4n) is 0.886. The van der Waals surface area contributed by atoms with Crippen LogP contribution in [-0.2, 0) is 0 Å². The van der Waals surface area contributed by atoms with Gasteiger partial charge in [0.15, 0.2) is 0 Å². The van der Waals surface area contributed by atoms with Crippen LogP contribution in [0.1, 0.15) is 12.5 Å². The summed E-state index contributed by atoms with van der Waals surface area (Å²) in [5.74, 6) is 0. The molecule has 0 heterocycles. The standard InChI is InChI=1S/C12H13N/c1-10(2)12(13)9-8-11-6-4-3-5-7-11/h3-9,13H,1H2,2H3/b9-8+,13-12?. The smallest absolute Gasteiger partial charge is 0.0563 e. The lowest BCUT2D eigenvalue weighted by atomic mass is 10.1. The fraction of sp³-hybridized carbons (Fsp3) is 0.0833. The van der Waals surface area contributed by atoms with Gasteiger partial charge in [-0.3, -0.25) is 0 Å². The zero-order valence-corrected chi connectivity index (χ0v) is 7.75. The lowest BCUT2D eigenvalue weighted by Gasteiger charge is -1.94. The molecule has 66 valence electrons. The molecule has 0 saturated carbocycles. The first-order valence-corrected chi connectivity index (χ1v) is 4.17. The van der Waals surface area contributed by atoms with Crippen LogP contribution in [-0.4, -0.2) is 5.71 Å². The van der Waals surface area contributed by atoms with Crippen LogP contribution in [0.25, 0.3) is 6.08 Å². The predicted molar refractivity (Wildman–Crippen MR) is 58.0 cm³/mol. The summed E-state index contributed by atoms with van der Waals surface area (Å²) < 4.78 is 0. The summed E-state index contributed by atoms with van der Waals surface area (Å²) in [4.78, 5) is 0. The molecule has 0 fully saturated rings. The number of hydrogen-bond acceptors (Lipinski definition) is 1. The number of benzene rings is 1. The van der Waals surface area contributed by atoms with Gasteiger partial charge in [-0.2, -0.15) is 0 Å². The molecule has 0 aromatic heterocycles. The monoisotopic (exact) mass is 171 g/mol. The molecular weight excluding hydrogens is 158 g/mol. The van der Waals surface area contributed by atoms with Gasteiger partial charge >= 0.3 is 0 Å². The van der Waals surface area contributed by atoms with Crippen LogP contribution in [0.15, 0.2) is 48.6 Å². The van der Waals surface area contributed by atoms with Crippen LogP contribution in [0.5, 0.6) is 0 Å². The summed E-state index contributed by atoms with van der Waals surface area (Å²) in [5.41, 5.74) is 2.37. The molecule has 0 unspecified atom stereocenters. The van der Waals surface area contributed by atoms with Crippen molar-refractivity contribution in [2.24, 2.45) is 0 Å².